The molecule has 0 saturated carbocycles. The first kappa shape index (κ1) is 16.6. The third-order valence-electron chi connectivity index (χ3n) is 3.14. The van der Waals surface area contributed by atoms with Crippen molar-refractivity contribution in [3.63, 3.8) is 0 Å². The number of aromatic nitrogens is 2. The van der Waals surface area contributed by atoms with Crippen LogP contribution in [-0.2, 0) is 6.54 Å². The van der Waals surface area contributed by atoms with Crippen LogP contribution < -0.4 is 11.1 Å². The van der Waals surface area contributed by atoms with Crippen LogP contribution in [0, 0.1) is 15.9 Å². The van der Waals surface area contributed by atoms with Crippen LogP contribution in [0.4, 0.5) is 21.8 Å². The van der Waals surface area contributed by atoms with Gasteiger partial charge in [-0.25, -0.2) is 9.37 Å². The fourth-order valence-corrected chi connectivity index (χ4v) is 1.95. The number of nitrogen functional groups attached to an aromatic ring is 1. The molecule has 0 aliphatic heterocycles. The van der Waals surface area contributed by atoms with Gasteiger partial charge in [-0.1, -0.05) is 12.1 Å². The molecule has 3 N–H and O–H groups in total. The molecule has 0 aliphatic rings. The molecule has 2 rings (SSSR count). The molecule has 1 heterocycles. The monoisotopic (exact) mass is 320 g/mol. The van der Waals surface area contributed by atoms with E-state index in [4.69, 9.17) is 5.73 Å². The van der Waals surface area contributed by atoms with Gasteiger partial charge in [0.15, 0.2) is 0 Å². The van der Waals surface area contributed by atoms with Gasteiger partial charge in [-0.3, -0.25) is 10.1 Å². The number of rotatable bonds is 7. The molecule has 0 aliphatic carbocycles. The van der Waals surface area contributed by atoms with Gasteiger partial charge in [0.2, 0.25) is 11.8 Å². The number of anilines is 2. The average Bonchev–Trinajstić information content (AvgIpc) is 2.49. The molecule has 0 atom stereocenters. The molecule has 0 bridgehead atoms. The maximum atomic E-state index is 12.8. The number of hydrogen-bond acceptors (Lipinski definition) is 7. The van der Waals surface area contributed by atoms with E-state index in [9.17, 15) is 14.5 Å². The molecule has 0 fully saturated rings. The van der Waals surface area contributed by atoms with Crippen LogP contribution in [0.2, 0.25) is 0 Å². The second kappa shape index (κ2) is 7.45. The lowest BCUT2D eigenvalue weighted by Gasteiger charge is -2.17. The van der Waals surface area contributed by atoms with E-state index in [1.165, 1.54) is 12.1 Å². The van der Waals surface area contributed by atoms with Crippen molar-refractivity contribution in [1.82, 2.24) is 14.9 Å². The molecule has 0 saturated heterocycles. The highest BCUT2D eigenvalue weighted by atomic mass is 19.1. The molecule has 23 heavy (non-hydrogen) atoms. The quantitative estimate of drug-likeness (QED) is 0.589. The van der Waals surface area contributed by atoms with Crippen molar-refractivity contribution >= 4 is 17.5 Å². The number of halogens is 1. The lowest BCUT2D eigenvalue weighted by Crippen LogP contribution is -2.25. The SMILES string of the molecule is CN(CCNc1ncc([N+](=O)[O-])c(N)n1)Cc1ccc(F)cc1. The summed E-state index contributed by atoms with van der Waals surface area (Å²) in [5.41, 5.74) is 6.18. The number of nitro groups is 1. The van der Waals surface area contributed by atoms with Gasteiger partial charge in [-0.2, -0.15) is 4.98 Å². The molecule has 0 unspecified atom stereocenters. The summed E-state index contributed by atoms with van der Waals surface area (Å²) in [4.78, 5) is 19.7. The highest BCUT2D eigenvalue weighted by molar-refractivity contribution is 5.53. The summed E-state index contributed by atoms with van der Waals surface area (Å²) in [6.07, 6.45) is 1.08. The van der Waals surface area contributed by atoms with Crippen molar-refractivity contribution in [3.05, 3.63) is 52.0 Å². The van der Waals surface area contributed by atoms with Crippen LogP contribution >= 0.6 is 0 Å². The lowest BCUT2D eigenvalue weighted by atomic mass is 10.2. The molecule has 1 aromatic carbocycles. The van der Waals surface area contributed by atoms with E-state index in [0.717, 1.165) is 11.8 Å². The molecule has 0 spiro atoms. The molecular formula is C14H17FN6O2. The zero-order chi connectivity index (χ0) is 16.8. The summed E-state index contributed by atoms with van der Waals surface area (Å²) < 4.78 is 12.8. The molecule has 0 amide bonds. The predicted molar refractivity (Wildman–Crippen MR) is 84.3 cm³/mol. The Bertz CT molecular complexity index is 679. The molecule has 0 radical (unpaired) electrons. The van der Waals surface area contributed by atoms with Gasteiger partial charge in [0.25, 0.3) is 0 Å². The summed E-state index contributed by atoms with van der Waals surface area (Å²) >= 11 is 0. The highest BCUT2D eigenvalue weighted by Gasteiger charge is 2.13. The van der Waals surface area contributed by atoms with Gasteiger partial charge in [0, 0.05) is 19.6 Å². The first-order valence-corrected chi connectivity index (χ1v) is 6.89. The van der Waals surface area contributed by atoms with Gasteiger partial charge in [-0.05, 0) is 24.7 Å². The topological polar surface area (TPSA) is 110 Å². The van der Waals surface area contributed by atoms with Gasteiger partial charge < -0.3 is 16.0 Å². The molecule has 9 heteroatoms. The van der Waals surface area contributed by atoms with E-state index in [1.54, 1.807) is 12.1 Å². The van der Waals surface area contributed by atoms with Crippen LogP contribution in [0.25, 0.3) is 0 Å². The molecular weight excluding hydrogens is 303 g/mol. The minimum Gasteiger partial charge on any atom is -0.378 e. The molecule has 122 valence electrons. The Hall–Kier alpha value is -2.81. The minimum atomic E-state index is -0.629. The van der Waals surface area contributed by atoms with Crippen LogP contribution in [-0.4, -0.2) is 39.9 Å². The largest absolute Gasteiger partial charge is 0.378 e. The summed E-state index contributed by atoms with van der Waals surface area (Å²) in [7, 11) is 1.93. The third kappa shape index (κ3) is 4.85. The van der Waals surface area contributed by atoms with Crippen LogP contribution in [0.5, 0.6) is 0 Å². The fraction of sp³-hybridized carbons (Fsp3) is 0.286. The third-order valence-corrected chi connectivity index (χ3v) is 3.14. The fourth-order valence-electron chi connectivity index (χ4n) is 1.95. The van der Waals surface area contributed by atoms with Crippen LogP contribution in [0.15, 0.2) is 30.5 Å². The lowest BCUT2D eigenvalue weighted by molar-refractivity contribution is -0.384. The summed E-state index contributed by atoms with van der Waals surface area (Å²) in [5, 5.41) is 13.6. The van der Waals surface area contributed by atoms with Crippen molar-refractivity contribution in [2.24, 2.45) is 0 Å². The van der Waals surface area contributed by atoms with Crippen LogP contribution in [0.3, 0.4) is 0 Å². The maximum Gasteiger partial charge on any atom is 0.329 e. The molecule has 8 nitrogen and oxygen atoms in total. The van der Waals surface area contributed by atoms with E-state index < -0.39 is 4.92 Å². The Morgan fingerprint density at radius 1 is 1.39 bits per heavy atom. The summed E-state index contributed by atoms with van der Waals surface area (Å²) in [6, 6.07) is 6.32. The van der Waals surface area contributed by atoms with Gasteiger partial charge in [0.05, 0.1) is 4.92 Å². The minimum absolute atomic E-state index is 0.174. The normalized spacial score (nSPS) is 10.7. The standard InChI is InChI=1S/C14H17FN6O2/c1-20(9-10-2-4-11(15)5-3-10)7-6-17-14-18-8-12(21(22)23)13(16)19-14/h2-5,8H,6-7,9H2,1H3,(H3,16,17,18,19). The van der Waals surface area contributed by atoms with Gasteiger partial charge >= 0.3 is 5.69 Å². The second-order valence-corrected chi connectivity index (χ2v) is 5.01. The first-order chi connectivity index (χ1) is 11.0. The number of hydrogen-bond donors (Lipinski definition) is 2. The van der Waals surface area contributed by atoms with E-state index in [1.807, 2.05) is 11.9 Å². The Morgan fingerprint density at radius 3 is 2.70 bits per heavy atom. The second-order valence-electron chi connectivity index (χ2n) is 5.01. The zero-order valence-corrected chi connectivity index (χ0v) is 12.6. The smallest absolute Gasteiger partial charge is 0.329 e. The molecule has 1 aromatic heterocycles. The number of nitrogens with two attached hydrogens (primary N) is 1. The Kier molecular flexibility index (Phi) is 5.36. The zero-order valence-electron chi connectivity index (χ0n) is 12.6. The predicted octanol–water partition coefficient (Wildman–Crippen LogP) is 1.65. The average molecular weight is 320 g/mol. The number of nitrogens with zero attached hydrogens (tertiary/aromatic N) is 4. The van der Waals surface area contributed by atoms with Gasteiger partial charge in [-0.15, -0.1) is 0 Å². The number of benzene rings is 1. The Balaban J connectivity index is 1.81. The van der Waals surface area contributed by atoms with E-state index in [-0.39, 0.29) is 23.3 Å². The maximum absolute atomic E-state index is 12.8. The highest BCUT2D eigenvalue weighted by Crippen LogP contribution is 2.17. The summed E-state index contributed by atoms with van der Waals surface area (Å²) in [5.74, 6) is -0.193. The van der Waals surface area contributed by atoms with Crippen molar-refractivity contribution in [3.8, 4) is 0 Å². The number of likely N-dealkylation sites (N-methyl/N-ethyl adjacent to an activating group) is 1. The van der Waals surface area contributed by atoms with E-state index >= 15 is 0 Å². The Morgan fingerprint density at radius 2 is 2.09 bits per heavy atom. The summed E-state index contributed by atoms with van der Waals surface area (Å²) in [6.45, 7) is 1.89. The number of nitrogens with one attached hydrogen (secondary N) is 1. The van der Waals surface area contributed by atoms with E-state index in [2.05, 4.69) is 15.3 Å². The van der Waals surface area contributed by atoms with Crippen molar-refractivity contribution in [1.29, 1.82) is 0 Å². The first-order valence-electron chi connectivity index (χ1n) is 6.89. The van der Waals surface area contributed by atoms with Crippen molar-refractivity contribution < 1.29 is 9.31 Å². The van der Waals surface area contributed by atoms with Crippen LogP contribution in [0.1, 0.15) is 5.56 Å². The van der Waals surface area contributed by atoms with Crippen molar-refractivity contribution in [2.45, 2.75) is 6.54 Å². The van der Waals surface area contributed by atoms with Crippen molar-refractivity contribution in [2.75, 3.05) is 31.2 Å². The van der Waals surface area contributed by atoms with E-state index in [0.29, 0.717) is 19.6 Å². The molecule has 2 aromatic rings. The Labute approximate surface area is 132 Å². The van der Waals surface area contributed by atoms with Gasteiger partial charge in [0.1, 0.15) is 12.0 Å².